The van der Waals surface area contributed by atoms with Gasteiger partial charge in [0, 0.05) is 12.1 Å². The van der Waals surface area contributed by atoms with E-state index in [1.54, 1.807) is 0 Å². The number of benzene rings is 1. The smallest absolute Gasteiger partial charge is 0.318 e. The van der Waals surface area contributed by atoms with Gasteiger partial charge in [0.05, 0.1) is 25.3 Å². The Morgan fingerprint density at radius 1 is 1.27 bits per heavy atom. The van der Waals surface area contributed by atoms with E-state index in [-0.39, 0.29) is 11.6 Å². The molecule has 4 nitrogen and oxygen atoms in total. The van der Waals surface area contributed by atoms with Gasteiger partial charge in [-0.3, -0.25) is 0 Å². The predicted octanol–water partition coefficient (Wildman–Crippen LogP) is 2.39. The third-order valence-corrected chi connectivity index (χ3v) is 4.38. The molecule has 116 valence electrons. The Labute approximate surface area is 131 Å². The maximum absolute atomic E-state index is 12.2. The lowest BCUT2D eigenvalue weighted by molar-refractivity contribution is -0.0924. The van der Waals surface area contributed by atoms with Crippen LogP contribution in [0.25, 0.3) is 0 Å². The number of ether oxygens (including phenoxy) is 1. The lowest BCUT2D eigenvalue weighted by Gasteiger charge is -2.40. The fourth-order valence-electron chi connectivity index (χ4n) is 3.24. The highest BCUT2D eigenvalue weighted by Crippen LogP contribution is 2.35. The maximum Gasteiger partial charge on any atom is 0.318 e. The summed E-state index contributed by atoms with van der Waals surface area (Å²) in [5, 5.41) is 2.89. The number of carbonyl (C=O) groups is 1. The number of urea groups is 1. The minimum absolute atomic E-state index is 0.0306. The number of morpholine rings is 1. The molecule has 2 amide bonds. The van der Waals surface area contributed by atoms with Gasteiger partial charge in [0.25, 0.3) is 0 Å². The Kier molecular flexibility index (Phi) is 4.65. The third-order valence-electron chi connectivity index (χ3n) is 4.38. The highest BCUT2D eigenvalue weighted by atomic mass is 16.5. The van der Waals surface area contributed by atoms with Crippen LogP contribution in [0.4, 0.5) is 4.79 Å². The molecule has 0 unspecified atom stereocenters. The van der Waals surface area contributed by atoms with Crippen LogP contribution in [-0.4, -0.2) is 42.8 Å². The van der Waals surface area contributed by atoms with Crippen molar-refractivity contribution in [3.63, 3.8) is 0 Å². The molecule has 1 saturated heterocycles. The lowest BCUT2D eigenvalue weighted by atomic mass is 10.00. The summed E-state index contributed by atoms with van der Waals surface area (Å²) in [6, 6.07) is 9.76. The molecular formula is C18H22N2O2. The molecule has 4 heteroatoms. The van der Waals surface area contributed by atoms with Crippen molar-refractivity contribution in [1.29, 1.82) is 0 Å². The van der Waals surface area contributed by atoms with E-state index >= 15 is 0 Å². The largest absolute Gasteiger partial charge is 0.371 e. The SMILES string of the molecule is O=C(NCC#Cc1ccccc1)N1CCOC2(CCCC2)C1. The van der Waals surface area contributed by atoms with Crippen LogP contribution in [-0.2, 0) is 4.74 Å². The highest BCUT2D eigenvalue weighted by molar-refractivity contribution is 5.74. The van der Waals surface area contributed by atoms with E-state index in [1.165, 1.54) is 12.8 Å². The van der Waals surface area contributed by atoms with Crippen molar-refractivity contribution in [3.8, 4) is 11.8 Å². The lowest BCUT2D eigenvalue weighted by Crippen LogP contribution is -2.54. The van der Waals surface area contributed by atoms with E-state index in [4.69, 9.17) is 4.74 Å². The van der Waals surface area contributed by atoms with Crippen molar-refractivity contribution < 1.29 is 9.53 Å². The minimum atomic E-state index is -0.0781. The minimum Gasteiger partial charge on any atom is -0.371 e. The molecular weight excluding hydrogens is 276 g/mol. The quantitative estimate of drug-likeness (QED) is 0.809. The van der Waals surface area contributed by atoms with Gasteiger partial charge in [-0.05, 0) is 25.0 Å². The Morgan fingerprint density at radius 3 is 2.82 bits per heavy atom. The Hall–Kier alpha value is -1.99. The van der Waals surface area contributed by atoms with Crippen molar-refractivity contribution in [2.75, 3.05) is 26.2 Å². The fraction of sp³-hybridized carbons (Fsp3) is 0.500. The maximum atomic E-state index is 12.2. The van der Waals surface area contributed by atoms with Crippen molar-refractivity contribution in [1.82, 2.24) is 10.2 Å². The monoisotopic (exact) mass is 298 g/mol. The molecule has 0 atom stereocenters. The van der Waals surface area contributed by atoms with Crippen LogP contribution in [0.1, 0.15) is 31.2 Å². The van der Waals surface area contributed by atoms with Crippen LogP contribution in [0.3, 0.4) is 0 Å². The molecule has 0 radical (unpaired) electrons. The van der Waals surface area contributed by atoms with Gasteiger partial charge in [0.2, 0.25) is 0 Å². The van der Waals surface area contributed by atoms with E-state index in [9.17, 15) is 4.79 Å². The molecule has 3 rings (SSSR count). The van der Waals surface area contributed by atoms with Gasteiger partial charge in [-0.25, -0.2) is 4.79 Å². The molecule has 1 saturated carbocycles. The summed E-state index contributed by atoms with van der Waals surface area (Å²) in [5.41, 5.74) is 0.888. The molecule has 2 aliphatic rings. The molecule has 1 aliphatic heterocycles. The normalized spacial score (nSPS) is 19.5. The van der Waals surface area contributed by atoms with Gasteiger partial charge in [-0.2, -0.15) is 0 Å². The van der Waals surface area contributed by atoms with E-state index in [0.717, 1.165) is 18.4 Å². The van der Waals surface area contributed by atoms with Crippen molar-refractivity contribution in [2.24, 2.45) is 0 Å². The average molecular weight is 298 g/mol. The predicted molar refractivity (Wildman–Crippen MR) is 85.4 cm³/mol. The summed E-state index contributed by atoms with van der Waals surface area (Å²) in [5.74, 6) is 6.04. The van der Waals surface area contributed by atoms with Gasteiger partial charge in [-0.15, -0.1) is 0 Å². The van der Waals surface area contributed by atoms with Gasteiger partial charge < -0.3 is 15.0 Å². The van der Waals surface area contributed by atoms with Crippen molar-refractivity contribution >= 4 is 6.03 Å². The molecule has 1 aromatic rings. The number of carbonyl (C=O) groups excluding carboxylic acids is 1. The Morgan fingerprint density at radius 2 is 2.05 bits per heavy atom. The first-order chi connectivity index (χ1) is 10.8. The van der Waals surface area contributed by atoms with Crippen LogP contribution in [0, 0.1) is 11.8 Å². The molecule has 0 aromatic heterocycles. The standard InChI is InChI=1S/C18H22N2O2/c21-17(19-12-6-9-16-7-2-1-3-8-16)20-13-14-22-18(15-20)10-4-5-11-18/h1-3,7-8H,4-5,10-15H2,(H,19,21). The van der Waals surface area contributed by atoms with Gasteiger partial charge >= 0.3 is 6.03 Å². The van der Waals surface area contributed by atoms with E-state index in [2.05, 4.69) is 17.2 Å². The molecule has 1 N–H and O–H groups in total. The van der Waals surface area contributed by atoms with Gasteiger partial charge in [0.15, 0.2) is 0 Å². The average Bonchev–Trinajstić information content (AvgIpc) is 3.00. The van der Waals surface area contributed by atoms with Gasteiger partial charge in [-0.1, -0.05) is 42.9 Å². The molecule has 0 bridgehead atoms. The van der Waals surface area contributed by atoms with Crippen LogP contribution < -0.4 is 5.32 Å². The fourth-order valence-corrected chi connectivity index (χ4v) is 3.24. The Bertz CT molecular complexity index is 568. The second-order valence-electron chi connectivity index (χ2n) is 5.99. The summed E-state index contributed by atoms with van der Waals surface area (Å²) in [6.45, 7) is 2.39. The molecule has 1 aromatic carbocycles. The number of nitrogens with one attached hydrogen (secondary N) is 1. The second-order valence-corrected chi connectivity index (χ2v) is 5.99. The summed E-state index contributed by atoms with van der Waals surface area (Å²) in [7, 11) is 0. The van der Waals surface area contributed by atoms with Crippen LogP contribution in [0.2, 0.25) is 0 Å². The molecule has 1 aliphatic carbocycles. The zero-order valence-corrected chi connectivity index (χ0v) is 12.8. The second kappa shape index (κ2) is 6.85. The third kappa shape index (κ3) is 3.61. The zero-order chi connectivity index (χ0) is 15.3. The van der Waals surface area contributed by atoms with E-state index in [1.807, 2.05) is 35.2 Å². The van der Waals surface area contributed by atoms with Crippen molar-refractivity contribution in [2.45, 2.75) is 31.3 Å². The van der Waals surface area contributed by atoms with Crippen LogP contribution >= 0.6 is 0 Å². The van der Waals surface area contributed by atoms with Gasteiger partial charge in [0.1, 0.15) is 0 Å². The number of hydrogen-bond acceptors (Lipinski definition) is 2. The summed E-state index contributed by atoms with van der Waals surface area (Å²) in [4.78, 5) is 14.1. The molecule has 22 heavy (non-hydrogen) atoms. The number of amides is 2. The van der Waals surface area contributed by atoms with E-state index < -0.39 is 0 Å². The topological polar surface area (TPSA) is 41.6 Å². The molecule has 2 fully saturated rings. The number of hydrogen-bond donors (Lipinski definition) is 1. The summed E-state index contributed by atoms with van der Waals surface area (Å²) < 4.78 is 5.94. The Balaban J connectivity index is 1.49. The number of rotatable bonds is 1. The summed E-state index contributed by atoms with van der Waals surface area (Å²) in [6.07, 6.45) is 4.56. The summed E-state index contributed by atoms with van der Waals surface area (Å²) >= 11 is 0. The zero-order valence-electron chi connectivity index (χ0n) is 12.8. The van der Waals surface area contributed by atoms with Crippen LogP contribution in [0.5, 0.6) is 0 Å². The van der Waals surface area contributed by atoms with Crippen molar-refractivity contribution in [3.05, 3.63) is 35.9 Å². The number of nitrogens with zero attached hydrogens (tertiary/aromatic N) is 1. The van der Waals surface area contributed by atoms with Crippen LogP contribution in [0.15, 0.2) is 30.3 Å². The van der Waals surface area contributed by atoms with E-state index in [0.29, 0.717) is 26.2 Å². The molecule has 1 heterocycles. The first-order valence-electron chi connectivity index (χ1n) is 7.98. The molecule has 1 spiro atoms. The highest BCUT2D eigenvalue weighted by Gasteiger charge is 2.40. The first kappa shape index (κ1) is 14.9. The first-order valence-corrected chi connectivity index (χ1v) is 7.98.